The fraction of sp³-hybridized carbons (Fsp3) is 0.381. The predicted molar refractivity (Wildman–Crippen MR) is 103 cm³/mol. The molecule has 2 aromatic carbocycles. The fourth-order valence-electron chi connectivity index (χ4n) is 2.88. The van der Waals surface area contributed by atoms with Crippen LogP contribution < -0.4 is 10.6 Å². The van der Waals surface area contributed by atoms with E-state index in [-0.39, 0.29) is 0 Å². The van der Waals surface area contributed by atoms with Crippen molar-refractivity contribution in [2.24, 2.45) is 4.99 Å². The molecule has 25 heavy (non-hydrogen) atoms. The lowest BCUT2D eigenvalue weighted by atomic mass is 9.87. The number of nitrogens with one attached hydrogen (secondary N) is 2. The number of nitrogens with zero attached hydrogens (tertiary/aromatic N) is 1. The third-order valence-corrected chi connectivity index (χ3v) is 4.41. The van der Waals surface area contributed by atoms with E-state index in [0.717, 1.165) is 23.6 Å². The van der Waals surface area contributed by atoms with Crippen LogP contribution in [0.25, 0.3) is 0 Å². The van der Waals surface area contributed by atoms with Crippen LogP contribution in [0.4, 0.5) is 0 Å². The van der Waals surface area contributed by atoms with Gasteiger partial charge < -0.3 is 15.7 Å². The largest absolute Gasteiger partial charge is 0.383 e. The van der Waals surface area contributed by atoms with Crippen molar-refractivity contribution in [3.63, 3.8) is 0 Å². The molecule has 3 N–H and O–H groups in total. The van der Waals surface area contributed by atoms with Crippen LogP contribution in [-0.4, -0.2) is 30.2 Å². The zero-order valence-electron chi connectivity index (χ0n) is 14.8. The Bertz CT molecular complexity index is 683. The van der Waals surface area contributed by atoms with Crippen molar-refractivity contribution in [3.8, 4) is 0 Å². The molecule has 0 amide bonds. The number of aliphatic hydroxyl groups is 1. The number of hydrogen-bond acceptors (Lipinski definition) is 2. The standard InChI is InChI=1S/C21H27N3O/c1-2-22-20(24-19-13-14-19)23-16-21(25,18-11-7-4-8-12-18)15-17-9-5-3-6-10-17/h3-12,19,25H,2,13-16H2,1H3,(H2,22,23,24). The second-order valence-corrected chi connectivity index (χ2v) is 6.67. The highest BCUT2D eigenvalue weighted by Crippen LogP contribution is 2.26. The molecule has 0 aliphatic heterocycles. The zero-order valence-corrected chi connectivity index (χ0v) is 14.8. The van der Waals surface area contributed by atoms with E-state index >= 15 is 0 Å². The minimum absolute atomic E-state index is 0.313. The summed E-state index contributed by atoms with van der Waals surface area (Å²) in [6.45, 7) is 3.17. The Morgan fingerprint density at radius 1 is 1.08 bits per heavy atom. The molecular weight excluding hydrogens is 310 g/mol. The SMILES string of the molecule is CCNC(=NCC(O)(Cc1ccccc1)c1ccccc1)NC1CC1. The normalized spacial score (nSPS) is 17.0. The predicted octanol–water partition coefficient (Wildman–Crippen LogP) is 2.83. The highest BCUT2D eigenvalue weighted by molar-refractivity contribution is 5.80. The summed E-state index contributed by atoms with van der Waals surface area (Å²) in [5, 5.41) is 18.1. The van der Waals surface area contributed by atoms with Crippen molar-refractivity contribution in [2.75, 3.05) is 13.1 Å². The maximum atomic E-state index is 11.4. The highest BCUT2D eigenvalue weighted by Gasteiger charge is 2.30. The molecule has 0 spiro atoms. The van der Waals surface area contributed by atoms with Crippen molar-refractivity contribution in [1.29, 1.82) is 0 Å². The Kier molecular flexibility index (Phi) is 5.71. The molecule has 0 radical (unpaired) electrons. The lowest BCUT2D eigenvalue weighted by molar-refractivity contribution is 0.0467. The molecule has 1 fully saturated rings. The molecule has 0 aromatic heterocycles. The van der Waals surface area contributed by atoms with Gasteiger partial charge in [-0.05, 0) is 30.9 Å². The van der Waals surface area contributed by atoms with Crippen LogP contribution >= 0.6 is 0 Å². The van der Waals surface area contributed by atoms with E-state index < -0.39 is 5.60 Å². The Morgan fingerprint density at radius 3 is 2.32 bits per heavy atom. The summed E-state index contributed by atoms with van der Waals surface area (Å²) in [5.41, 5.74) is 0.961. The van der Waals surface area contributed by atoms with Gasteiger partial charge in [0, 0.05) is 19.0 Å². The maximum absolute atomic E-state index is 11.4. The maximum Gasteiger partial charge on any atom is 0.191 e. The Balaban J connectivity index is 1.82. The van der Waals surface area contributed by atoms with Crippen LogP contribution in [-0.2, 0) is 12.0 Å². The smallest absolute Gasteiger partial charge is 0.191 e. The fourth-order valence-corrected chi connectivity index (χ4v) is 2.88. The van der Waals surface area contributed by atoms with Gasteiger partial charge >= 0.3 is 0 Å². The third-order valence-electron chi connectivity index (χ3n) is 4.41. The second-order valence-electron chi connectivity index (χ2n) is 6.67. The Labute approximate surface area is 150 Å². The van der Waals surface area contributed by atoms with Crippen LogP contribution in [0.5, 0.6) is 0 Å². The molecule has 132 valence electrons. The minimum atomic E-state index is -1.03. The van der Waals surface area contributed by atoms with Gasteiger partial charge in [-0.25, -0.2) is 4.99 Å². The quantitative estimate of drug-likeness (QED) is 0.538. The van der Waals surface area contributed by atoms with E-state index in [1.54, 1.807) is 0 Å². The summed E-state index contributed by atoms with van der Waals surface area (Å²) in [5.74, 6) is 0.785. The van der Waals surface area contributed by atoms with Gasteiger partial charge in [0.05, 0.1) is 6.54 Å². The van der Waals surface area contributed by atoms with Gasteiger partial charge in [0.2, 0.25) is 0 Å². The van der Waals surface area contributed by atoms with Gasteiger partial charge in [0.1, 0.15) is 5.60 Å². The molecule has 1 aliphatic carbocycles. The van der Waals surface area contributed by atoms with Gasteiger partial charge in [0.15, 0.2) is 5.96 Å². The van der Waals surface area contributed by atoms with Gasteiger partial charge in [-0.1, -0.05) is 60.7 Å². The van der Waals surface area contributed by atoms with Crippen LogP contribution in [0.15, 0.2) is 65.7 Å². The number of rotatable bonds is 7. The number of benzene rings is 2. The summed E-state index contributed by atoms with van der Waals surface area (Å²) in [7, 11) is 0. The van der Waals surface area contributed by atoms with Gasteiger partial charge in [-0.15, -0.1) is 0 Å². The topological polar surface area (TPSA) is 56.7 Å². The summed E-state index contributed by atoms with van der Waals surface area (Å²) >= 11 is 0. The van der Waals surface area contributed by atoms with E-state index in [0.29, 0.717) is 19.0 Å². The van der Waals surface area contributed by atoms with Crippen LogP contribution in [0.1, 0.15) is 30.9 Å². The summed E-state index contributed by atoms with van der Waals surface area (Å²) in [6, 6.07) is 20.4. The van der Waals surface area contributed by atoms with Crippen molar-refractivity contribution in [3.05, 3.63) is 71.8 Å². The molecule has 3 rings (SSSR count). The molecule has 2 aromatic rings. The van der Waals surface area contributed by atoms with E-state index in [1.807, 2.05) is 60.7 Å². The first kappa shape index (κ1) is 17.5. The van der Waals surface area contributed by atoms with E-state index in [2.05, 4.69) is 22.5 Å². The first-order valence-corrected chi connectivity index (χ1v) is 9.06. The summed E-state index contributed by atoms with van der Waals surface area (Å²) < 4.78 is 0. The molecule has 1 aliphatic rings. The average molecular weight is 337 g/mol. The number of aliphatic imine (C=N–C) groups is 1. The zero-order chi connectivity index (χ0) is 17.5. The highest BCUT2D eigenvalue weighted by atomic mass is 16.3. The lowest BCUT2D eigenvalue weighted by Crippen LogP contribution is -2.40. The van der Waals surface area contributed by atoms with E-state index in [9.17, 15) is 5.11 Å². The Morgan fingerprint density at radius 2 is 1.72 bits per heavy atom. The minimum Gasteiger partial charge on any atom is -0.383 e. The molecule has 4 heteroatoms. The molecule has 0 bridgehead atoms. The summed E-state index contributed by atoms with van der Waals surface area (Å²) in [4.78, 5) is 4.68. The molecule has 4 nitrogen and oxygen atoms in total. The molecule has 0 saturated heterocycles. The molecule has 1 saturated carbocycles. The van der Waals surface area contributed by atoms with E-state index in [1.165, 1.54) is 12.8 Å². The summed E-state index contributed by atoms with van der Waals surface area (Å²) in [6.07, 6.45) is 2.92. The van der Waals surface area contributed by atoms with Crippen molar-refractivity contribution >= 4 is 5.96 Å². The van der Waals surface area contributed by atoms with Crippen molar-refractivity contribution in [2.45, 2.75) is 37.8 Å². The van der Waals surface area contributed by atoms with Crippen LogP contribution in [0.2, 0.25) is 0 Å². The first-order chi connectivity index (χ1) is 12.2. The first-order valence-electron chi connectivity index (χ1n) is 9.06. The Hall–Kier alpha value is -2.33. The van der Waals surface area contributed by atoms with Crippen molar-refractivity contribution < 1.29 is 5.11 Å². The number of hydrogen-bond donors (Lipinski definition) is 3. The molecule has 0 heterocycles. The lowest BCUT2D eigenvalue weighted by Gasteiger charge is -2.28. The van der Waals surface area contributed by atoms with Gasteiger partial charge in [-0.2, -0.15) is 0 Å². The molecular formula is C21H27N3O. The monoisotopic (exact) mass is 337 g/mol. The number of guanidine groups is 1. The van der Waals surface area contributed by atoms with Gasteiger partial charge in [-0.3, -0.25) is 0 Å². The average Bonchev–Trinajstić information content (AvgIpc) is 3.46. The van der Waals surface area contributed by atoms with E-state index in [4.69, 9.17) is 0 Å². The van der Waals surface area contributed by atoms with Gasteiger partial charge in [0.25, 0.3) is 0 Å². The van der Waals surface area contributed by atoms with Crippen molar-refractivity contribution in [1.82, 2.24) is 10.6 Å². The van der Waals surface area contributed by atoms with Crippen LogP contribution in [0, 0.1) is 0 Å². The molecule has 1 atom stereocenters. The molecule has 1 unspecified atom stereocenters. The second kappa shape index (κ2) is 8.17. The van der Waals surface area contributed by atoms with Crippen LogP contribution in [0.3, 0.4) is 0 Å². The third kappa shape index (κ3) is 5.07.